The maximum absolute atomic E-state index is 15.3. The van der Waals surface area contributed by atoms with Gasteiger partial charge in [-0.25, -0.2) is 0 Å². The number of nitrogens with zero attached hydrogens (tertiary/aromatic N) is 3. The van der Waals surface area contributed by atoms with Crippen LogP contribution in [0.3, 0.4) is 0 Å². The smallest absolute Gasteiger partial charge is 0.261 e. The number of benzene rings is 2. The number of carbonyl (C=O) groups is 2. The number of thiophene rings is 4. The molecule has 8 aliphatic rings. The number of carbonyl (C=O) groups excluding carboxylic acids is 2. The molecule has 6 fully saturated rings. The molecule has 6 saturated carbocycles. The van der Waals surface area contributed by atoms with Gasteiger partial charge in [-0.2, -0.15) is 0 Å². The lowest BCUT2D eigenvalue weighted by Crippen LogP contribution is -2.50. The van der Waals surface area contributed by atoms with Gasteiger partial charge in [0.1, 0.15) is 16.1 Å². The lowest BCUT2D eigenvalue weighted by Gasteiger charge is -2.50. The molecule has 7 heterocycles. The lowest BCUT2D eigenvalue weighted by atomic mass is 9.98. The molecular formula is C89H117N3O2S4Si2. The Bertz CT molecular complexity index is 4110. The number of rotatable bonds is 25. The summed E-state index contributed by atoms with van der Waals surface area (Å²) in [4.78, 5) is 42.1. The van der Waals surface area contributed by atoms with E-state index in [1.807, 2.05) is 43.8 Å². The van der Waals surface area contributed by atoms with Crippen molar-refractivity contribution in [3.8, 4) is 42.4 Å². The average Bonchev–Trinajstić information content (AvgIpc) is 1.54. The maximum atomic E-state index is 15.3. The Balaban J connectivity index is 0.665. The van der Waals surface area contributed by atoms with Gasteiger partial charge in [0.15, 0.2) is 0 Å². The third-order valence-corrected chi connectivity index (χ3v) is 44.3. The van der Waals surface area contributed by atoms with Crippen LogP contribution in [0.1, 0.15) is 300 Å². The van der Waals surface area contributed by atoms with E-state index in [-0.39, 0.29) is 11.8 Å². The highest BCUT2D eigenvalue weighted by molar-refractivity contribution is 7.27. The van der Waals surface area contributed by atoms with Gasteiger partial charge in [0, 0.05) is 93.8 Å². The molecule has 0 atom stereocenters. The molecule has 5 aromatic heterocycles. The average molecular weight is 1450 g/mol. The molecule has 100 heavy (non-hydrogen) atoms. The molecule has 6 aliphatic carbocycles. The van der Waals surface area contributed by atoms with E-state index < -0.39 is 16.1 Å². The minimum atomic E-state index is -1.81. The van der Waals surface area contributed by atoms with E-state index in [1.54, 1.807) is 11.3 Å². The summed E-state index contributed by atoms with van der Waals surface area (Å²) in [5.74, 6) is 8.12. The van der Waals surface area contributed by atoms with Gasteiger partial charge < -0.3 is 14.4 Å². The molecule has 0 saturated heterocycles. The summed E-state index contributed by atoms with van der Waals surface area (Å²) in [5.41, 5.74) is 20.1. The Kier molecular flexibility index (Phi) is 23.4. The number of amides is 2. The summed E-state index contributed by atoms with van der Waals surface area (Å²) in [5, 5.41) is 5.30. The molecule has 7 aromatic rings. The fraction of sp³-hybridized carbons (Fsp3) is 0.618. The zero-order valence-electron chi connectivity index (χ0n) is 61.6. The van der Waals surface area contributed by atoms with Crippen molar-refractivity contribution in [2.75, 3.05) is 13.1 Å². The summed E-state index contributed by atoms with van der Waals surface area (Å²) in [6.07, 6.45) is 57.6. The van der Waals surface area contributed by atoms with Crippen LogP contribution >= 0.6 is 45.3 Å². The first-order chi connectivity index (χ1) is 49.2. The van der Waals surface area contributed by atoms with E-state index in [9.17, 15) is 0 Å². The van der Waals surface area contributed by atoms with Crippen molar-refractivity contribution >= 4 is 121 Å². The predicted octanol–water partition coefficient (Wildman–Crippen LogP) is 27.7. The van der Waals surface area contributed by atoms with Crippen LogP contribution in [0.15, 0.2) is 77.5 Å². The molecule has 0 unspecified atom stereocenters. The maximum Gasteiger partial charge on any atom is 0.261 e. The minimum absolute atomic E-state index is 0.0271. The van der Waals surface area contributed by atoms with E-state index >= 15 is 9.59 Å². The van der Waals surface area contributed by atoms with Crippen LogP contribution in [0.25, 0.3) is 67.2 Å². The summed E-state index contributed by atoms with van der Waals surface area (Å²) in [6, 6.07) is 23.7. The highest BCUT2D eigenvalue weighted by atomic mass is 32.1. The standard InChI is InChI=1S/C89H117N3O2S4Si2/c1-4-5-32-54-91-76-58-66-60-83(78-50-49-64(2)95-78)97-81(66)62-74(76)75-63-82-67(59-77(75)91)61-84(98-82)79-51-52-80(96-79)87-86-85(88(93)92(87)55-34-11-7-9-13-36-57-100(71-43-26-17-27-44-71,72-45-28-18-29-46-72)73-47-30-19-31-48-73)65(3)90(89(86)94)53-33-10-6-8-12-35-56-99(68-37-20-14-21-38-68,69-39-22-15-23-40-69)70-41-24-16-25-42-70/h49-52,58-63,68-73H,4-34,37-48,53-55H2,1-3H3. The molecule has 0 spiro atoms. The van der Waals surface area contributed by atoms with Crippen molar-refractivity contribution in [3.05, 3.63) is 87.3 Å². The minimum Gasteiger partial charge on any atom is -0.340 e. The van der Waals surface area contributed by atoms with Crippen LogP contribution in [-0.4, -0.2) is 55.4 Å². The number of aromatic nitrogens is 1. The van der Waals surface area contributed by atoms with Crippen molar-refractivity contribution in [1.82, 2.24) is 14.4 Å². The van der Waals surface area contributed by atoms with E-state index in [0.29, 0.717) is 24.2 Å². The van der Waals surface area contributed by atoms with Crippen LogP contribution in [-0.2, 0) is 16.1 Å². The van der Waals surface area contributed by atoms with Gasteiger partial charge in [-0.3, -0.25) is 9.59 Å². The van der Waals surface area contributed by atoms with E-state index in [0.717, 1.165) is 127 Å². The quantitative estimate of drug-likeness (QED) is 0.0325. The van der Waals surface area contributed by atoms with Gasteiger partial charge in [-0.05, 0) is 151 Å². The van der Waals surface area contributed by atoms with Gasteiger partial charge in [0.2, 0.25) is 0 Å². The molecule has 15 rings (SSSR count). The Labute approximate surface area is 619 Å². The third-order valence-electron chi connectivity index (χ3n) is 26.8. The lowest BCUT2D eigenvalue weighted by molar-refractivity contribution is -0.124. The summed E-state index contributed by atoms with van der Waals surface area (Å²) >= 11 is 7.47. The zero-order chi connectivity index (χ0) is 68.0. The van der Waals surface area contributed by atoms with Crippen molar-refractivity contribution < 1.29 is 9.59 Å². The largest absolute Gasteiger partial charge is 0.340 e. The molecule has 5 nitrogen and oxygen atoms in total. The molecule has 2 aromatic carbocycles. The Morgan fingerprint density at radius 3 is 1.21 bits per heavy atom. The molecular weight excluding hydrogens is 1330 g/mol. The number of fused-ring (bicyclic) bond motifs is 6. The topological polar surface area (TPSA) is 45.6 Å². The highest BCUT2D eigenvalue weighted by Gasteiger charge is 2.54. The summed E-state index contributed by atoms with van der Waals surface area (Å²) in [6.45, 7) is 8.87. The first-order valence-corrected chi connectivity index (χ1v) is 49.1. The first-order valence-electron chi connectivity index (χ1n) is 41.4. The van der Waals surface area contributed by atoms with Gasteiger partial charge in [-0.15, -0.1) is 68.3 Å². The number of allylic oxidation sites excluding steroid dienone is 1. The predicted molar refractivity (Wildman–Crippen MR) is 438 cm³/mol. The zero-order valence-corrected chi connectivity index (χ0v) is 66.8. The second kappa shape index (κ2) is 32.9. The Morgan fingerprint density at radius 2 is 0.780 bits per heavy atom. The van der Waals surface area contributed by atoms with Crippen molar-refractivity contribution in [3.63, 3.8) is 0 Å². The van der Waals surface area contributed by atoms with E-state index in [2.05, 4.69) is 109 Å². The summed E-state index contributed by atoms with van der Waals surface area (Å²) < 4.78 is 5.26. The van der Waals surface area contributed by atoms with E-state index in [1.165, 1.54) is 272 Å². The molecule has 0 radical (unpaired) electrons. The molecule has 532 valence electrons. The van der Waals surface area contributed by atoms with Crippen LogP contribution in [0.4, 0.5) is 0 Å². The van der Waals surface area contributed by atoms with Gasteiger partial charge in [-0.1, -0.05) is 238 Å². The highest BCUT2D eigenvalue weighted by Crippen LogP contribution is 2.59. The number of aryl methyl sites for hydroxylation is 2. The second-order valence-corrected chi connectivity index (χ2v) is 46.5. The molecule has 11 heteroatoms. The van der Waals surface area contributed by atoms with Gasteiger partial charge in [0.25, 0.3) is 11.8 Å². The van der Waals surface area contributed by atoms with Crippen LogP contribution < -0.4 is 0 Å². The monoisotopic (exact) mass is 1440 g/mol. The van der Waals surface area contributed by atoms with Gasteiger partial charge >= 0.3 is 0 Å². The fourth-order valence-electron chi connectivity index (χ4n) is 21.8. The number of hydrogen-bond donors (Lipinski definition) is 0. The Hall–Kier alpha value is -4.47. The summed E-state index contributed by atoms with van der Waals surface area (Å²) in [7, 11) is -3.61. The second-order valence-electron chi connectivity index (χ2n) is 32.9. The normalized spacial score (nSPS) is 20.3. The van der Waals surface area contributed by atoms with E-state index in [4.69, 9.17) is 0 Å². The van der Waals surface area contributed by atoms with Crippen LogP contribution in [0, 0.1) is 29.9 Å². The fourth-order valence-corrected chi connectivity index (χ4v) is 40.4. The Morgan fingerprint density at radius 1 is 0.390 bits per heavy atom. The third kappa shape index (κ3) is 14.6. The molecule has 2 aliphatic heterocycles. The van der Waals surface area contributed by atoms with Crippen molar-refractivity contribution in [1.29, 1.82) is 0 Å². The van der Waals surface area contributed by atoms with Crippen LogP contribution in [0.5, 0.6) is 0 Å². The number of hydrogen-bond acceptors (Lipinski definition) is 6. The van der Waals surface area contributed by atoms with Crippen LogP contribution in [0.2, 0.25) is 33.2 Å². The number of unbranched alkanes of at least 4 members (excludes halogenated alkanes) is 10. The SMILES string of the molecule is CCCCCn1c2cc3cc(-c4ccc(C)s4)sc3cc2c2cc3sc(-c4ccc(C5=C6C(=O)N(CCCCCCC#C[Si](C7CCCCC7)(C7CCCCC7)C7CCCCC7)C(C)=C6C(=O)N5CCCCCCC#C[Si](C5CCCCC5)(C5CCCCC5)C5CCCCC5)s4)cc3cc21. The molecule has 2 amide bonds. The molecule has 0 bridgehead atoms. The van der Waals surface area contributed by atoms with Crippen molar-refractivity contribution in [2.24, 2.45) is 0 Å². The molecule has 0 N–H and O–H groups in total. The van der Waals surface area contributed by atoms with Crippen molar-refractivity contribution in [2.45, 2.75) is 337 Å². The van der Waals surface area contributed by atoms with Gasteiger partial charge in [0.05, 0.1) is 21.7 Å². The first kappa shape index (κ1) is 71.2.